The van der Waals surface area contributed by atoms with Crippen LogP contribution in [0.25, 0.3) is 210 Å². The van der Waals surface area contributed by atoms with E-state index in [0.717, 1.165) is 124 Å². The summed E-state index contributed by atoms with van der Waals surface area (Å²) in [4.78, 5) is 21.6. The van der Waals surface area contributed by atoms with Gasteiger partial charge in [0.25, 0.3) is 0 Å². The first-order valence-electron chi connectivity index (χ1n) is 37.4. The zero-order valence-electron chi connectivity index (χ0n) is 59.3. The molecule has 10 heterocycles. The summed E-state index contributed by atoms with van der Waals surface area (Å²) >= 11 is 0. The number of pyridine rings is 4. The van der Waals surface area contributed by atoms with Crippen molar-refractivity contribution >= 4 is 152 Å². The fourth-order valence-corrected chi connectivity index (χ4v) is 18.0. The Bertz CT molecular complexity index is 7370. The van der Waals surface area contributed by atoms with Crippen molar-refractivity contribution in [2.45, 2.75) is 0 Å². The predicted octanol–water partition coefficient (Wildman–Crippen LogP) is 25.2. The Kier molecular flexibility index (Phi) is 13.5. The molecule has 0 N–H and O–H groups in total. The Morgan fingerprint density at radius 2 is 0.336 bits per heavy atom. The third kappa shape index (κ3) is 9.17. The van der Waals surface area contributed by atoms with Gasteiger partial charge >= 0.3 is 0 Å². The summed E-state index contributed by atoms with van der Waals surface area (Å²) in [7, 11) is 0. The highest BCUT2D eigenvalue weighted by molar-refractivity contribution is 6.30. The molecule has 110 heavy (non-hydrogen) atoms. The second-order valence-corrected chi connectivity index (χ2v) is 28.4. The quantitative estimate of drug-likeness (QED) is 0.152. The number of nitrogens with zero attached hydrogens (tertiary/aromatic N) is 10. The molecule has 10 nitrogen and oxygen atoms in total. The van der Waals surface area contributed by atoms with Crippen LogP contribution in [-0.4, -0.2) is 47.3 Å². The van der Waals surface area contributed by atoms with Gasteiger partial charge in [0.2, 0.25) is 0 Å². The fraction of sp³-hybridized carbons (Fsp3) is 0. The Labute approximate surface area is 629 Å². The number of rotatable bonds is 8. The molecule has 0 atom stereocenters. The Morgan fingerprint density at radius 3 is 0.627 bits per heavy atom. The molecule has 0 unspecified atom stereocenters. The van der Waals surface area contributed by atoms with Gasteiger partial charge in [0.05, 0.1) is 77.6 Å². The summed E-state index contributed by atoms with van der Waals surface area (Å²) in [5.41, 5.74) is 17.7. The van der Waals surface area contributed by atoms with E-state index >= 15 is 0 Å². The number of hydrogen-bond acceptors (Lipinski definition) is 4. The predicted molar refractivity (Wildman–Crippen MR) is 456 cm³/mol. The zero-order chi connectivity index (χ0) is 72.1. The largest absolute Gasteiger partial charge is 0.294 e. The Hall–Kier alpha value is -15.0. The molecule has 0 aliphatic heterocycles. The number of aromatic nitrogens is 10. The van der Waals surface area contributed by atoms with Crippen LogP contribution in [0.4, 0.5) is 0 Å². The summed E-state index contributed by atoms with van der Waals surface area (Å²) in [6.45, 7) is 0. The fourth-order valence-electron chi connectivity index (χ4n) is 18.0. The van der Waals surface area contributed by atoms with Gasteiger partial charge in [-0.15, -0.1) is 0 Å². The molecule has 0 aliphatic rings. The average Bonchev–Trinajstić information content (AvgIpc) is 1.55. The van der Waals surface area contributed by atoms with E-state index in [4.69, 9.17) is 19.9 Å². The van der Waals surface area contributed by atoms with Crippen LogP contribution < -0.4 is 0 Å². The molecular weight excluding hydrogens is 1340 g/mol. The number of fused-ring (bicyclic) bond motifs is 22. The minimum atomic E-state index is 0.870. The van der Waals surface area contributed by atoms with Crippen molar-refractivity contribution in [3.05, 3.63) is 376 Å². The zero-order valence-corrected chi connectivity index (χ0v) is 59.3. The van der Waals surface area contributed by atoms with Gasteiger partial charge in [-0.2, -0.15) is 0 Å². The first-order valence-corrected chi connectivity index (χ1v) is 37.4. The van der Waals surface area contributed by atoms with Gasteiger partial charge in [0.1, 0.15) is 34.9 Å². The van der Waals surface area contributed by atoms with Crippen molar-refractivity contribution in [3.63, 3.8) is 0 Å². The lowest BCUT2D eigenvalue weighted by Gasteiger charge is -2.12. The Morgan fingerprint density at radius 1 is 0.136 bits per heavy atom. The SMILES string of the molecule is c1cc(-c2cccc3ccccc23)nc(-n2c3ccccc3c3c4c5ccccc5n(-c5cccc(-c6cccc7ccccc67)n5)c4ccc32)c1.c1cc(-n2c3ccccc3c3ccccc32)nc(-n2c3ccccc3c3c4c5ccccc5n(-c5cccc(-n6c7ccccc7c7ccccc76)n5)c4ccc32)c1. The van der Waals surface area contributed by atoms with Crippen molar-refractivity contribution in [1.29, 1.82) is 0 Å². The van der Waals surface area contributed by atoms with Crippen LogP contribution in [0.3, 0.4) is 0 Å². The minimum Gasteiger partial charge on any atom is -0.294 e. The summed E-state index contributed by atoms with van der Waals surface area (Å²) in [6, 6.07) is 134. The van der Waals surface area contributed by atoms with Crippen LogP contribution in [0.2, 0.25) is 0 Å². The molecule has 0 fully saturated rings. The maximum Gasteiger partial charge on any atom is 0.140 e. The highest BCUT2D eigenvalue weighted by Gasteiger charge is 2.26. The topological polar surface area (TPSA) is 81.1 Å². The van der Waals surface area contributed by atoms with E-state index in [0.29, 0.717) is 0 Å². The maximum atomic E-state index is 5.44. The third-order valence-electron chi connectivity index (χ3n) is 22.5. The van der Waals surface area contributed by atoms with E-state index in [-0.39, 0.29) is 0 Å². The van der Waals surface area contributed by atoms with Crippen LogP contribution in [-0.2, 0) is 0 Å². The molecule has 24 aromatic rings. The van der Waals surface area contributed by atoms with Gasteiger partial charge in [-0.25, -0.2) is 19.9 Å². The van der Waals surface area contributed by atoms with Gasteiger partial charge in [-0.1, -0.05) is 255 Å². The Balaban J connectivity index is 0.000000133. The lowest BCUT2D eigenvalue weighted by Crippen LogP contribution is -2.03. The molecule has 512 valence electrons. The number of hydrogen-bond donors (Lipinski definition) is 0. The molecule has 14 aromatic carbocycles. The maximum absolute atomic E-state index is 5.44. The molecule has 0 bridgehead atoms. The van der Waals surface area contributed by atoms with E-state index in [1.165, 1.54) is 86.2 Å². The third-order valence-corrected chi connectivity index (χ3v) is 22.5. The van der Waals surface area contributed by atoms with Crippen LogP contribution in [0.5, 0.6) is 0 Å². The van der Waals surface area contributed by atoms with E-state index in [1.54, 1.807) is 0 Å². The van der Waals surface area contributed by atoms with Gasteiger partial charge in [-0.3, -0.25) is 27.4 Å². The van der Waals surface area contributed by atoms with E-state index in [9.17, 15) is 0 Å². The van der Waals surface area contributed by atoms with Crippen molar-refractivity contribution in [1.82, 2.24) is 47.3 Å². The molecule has 0 amide bonds. The number of para-hydroxylation sites is 8. The van der Waals surface area contributed by atoms with Crippen molar-refractivity contribution in [2.75, 3.05) is 0 Å². The van der Waals surface area contributed by atoms with E-state index in [2.05, 4.69) is 404 Å². The smallest absolute Gasteiger partial charge is 0.140 e. The van der Waals surface area contributed by atoms with E-state index < -0.39 is 0 Å². The van der Waals surface area contributed by atoms with E-state index in [1.807, 2.05) is 0 Å². The molecule has 0 aliphatic carbocycles. The first-order chi connectivity index (χ1) is 54.6. The molecule has 0 radical (unpaired) electrons. The summed E-state index contributed by atoms with van der Waals surface area (Å²) in [5, 5.41) is 19.3. The average molecular weight is 1400 g/mol. The second-order valence-electron chi connectivity index (χ2n) is 28.4. The standard InChI is InChI=1S/C52H32N6.C48H30N4/c1-7-21-39-33(15-1)34-16-2-8-22-40(34)55(39)47-27-13-29-49(53-47)57-43-25-11-5-19-37(43)51-45(57)31-32-46-52(51)38-20-6-12-26-44(38)58(46)50-30-14-28-48(54-50)56-41-23-9-3-17-35(41)36-18-4-10-24-42(36)56;1-3-17-33-31(13-1)15-9-21-35(33)39-23-11-27-45(49-39)51-41-25-7-5-19-37(41)47-43(51)29-30-44-48(47)38-20-6-8-26-42(38)52(44)46-28-12-24-40(50-46)36-22-10-16-32-14-2-4-18-34(32)36/h1-32H;1-30H. The molecular formula is C100H62N10. The summed E-state index contributed by atoms with van der Waals surface area (Å²) in [5.74, 6) is 5.29. The molecule has 10 aromatic heterocycles. The lowest BCUT2D eigenvalue weighted by molar-refractivity contribution is 1.01. The summed E-state index contributed by atoms with van der Waals surface area (Å²) < 4.78 is 13.9. The first kappa shape index (κ1) is 61.3. The second kappa shape index (κ2) is 24.3. The summed E-state index contributed by atoms with van der Waals surface area (Å²) in [6.07, 6.45) is 0. The highest BCUT2D eigenvalue weighted by Crippen LogP contribution is 2.46. The van der Waals surface area contributed by atoms with Crippen LogP contribution in [0, 0.1) is 0 Å². The minimum absolute atomic E-state index is 0.870. The van der Waals surface area contributed by atoms with Crippen LogP contribution >= 0.6 is 0 Å². The van der Waals surface area contributed by atoms with Crippen molar-refractivity contribution in [3.8, 4) is 57.4 Å². The molecule has 0 saturated heterocycles. The highest BCUT2D eigenvalue weighted by atomic mass is 15.2. The number of benzene rings is 14. The van der Waals surface area contributed by atoms with Gasteiger partial charge in [0, 0.05) is 75.8 Å². The monoisotopic (exact) mass is 1400 g/mol. The molecule has 10 heteroatoms. The van der Waals surface area contributed by atoms with Gasteiger partial charge in [-0.05, 0) is 143 Å². The molecule has 0 saturated carbocycles. The van der Waals surface area contributed by atoms with Crippen LogP contribution in [0.1, 0.15) is 0 Å². The normalized spacial score (nSPS) is 12.0. The molecule has 0 spiro atoms. The van der Waals surface area contributed by atoms with Gasteiger partial charge in [0.15, 0.2) is 0 Å². The van der Waals surface area contributed by atoms with Crippen LogP contribution in [0.15, 0.2) is 376 Å². The lowest BCUT2D eigenvalue weighted by atomic mass is 10.0. The molecule has 24 rings (SSSR count). The van der Waals surface area contributed by atoms with Crippen molar-refractivity contribution in [2.24, 2.45) is 0 Å². The van der Waals surface area contributed by atoms with Gasteiger partial charge < -0.3 is 0 Å². The van der Waals surface area contributed by atoms with Crippen molar-refractivity contribution < 1.29 is 0 Å².